The van der Waals surface area contributed by atoms with Crippen molar-refractivity contribution in [1.29, 1.82) is 0 Å². The summed E-state index contributed by atoms with van der Waals surface area (Å²) < 4.78 is 5.51. The van der Waals surface area contributed by atoms with E-state index in [1.165, 1.54) is 19.3 Å². The van der Waals surface area contributed by atoms with Crippen LogP contribution in [0.25, 0.3) is 0 Å². The molecule has 2 heteroatoms. The van der Waals surface area contributed by atoms with Crippen molar-refractivity contribution in [2.45, 2.75) is 44.8 Å². The Kier molecular flexibility index (Phi) is 3.16. The predicted octanol–water partition coefficient (Wildman–Crippen LogP) is 1.29. The minimum atomic E-state index is 0.251. The van der Waals surface area contributed by atoms with Crippen LogP contribution in [-0.2, 0) is 4.74 Å². The lowest BCUT2D eigenvalue weighted by Crippen LogP contribution is -2.31. The van der Waals surface area contributed by atoms with E-state index < -0.39 is 0 Å². The molecule has 0 heterocycles. The van der Waals surface area contributed by atoms with Gasteiger partial charge >= 0.3 is 0 Å². The third-order valence-electron chi connectivity index (χ3n) is 2.12. The van der Waals surface area contributed by atoms with Gasteiger partial charge in [0.15, 0.2) is 0 Å². The zero-order valence-corrected chi connectivity index (χ0v) is 6.68. The van der Waals surface area contributed by atoms with Gasteiger partial charge in [-0.15, -0.1) is 0 Å². The maximum absolute atomic E-state index is 5.68. The summed E-state index contributed by atoms with van der Waals surface area (Å²) in [5.74, 6) is 0. The van der Waals surface area contributed by atoms with Crippen LogP contribution in [0.4, 0.5) is 0 Å². The largest absolute Gasteiger partial charge is 0.377 e. The molecule has 1 rings (SSSR count). The van der Waals surface area contributed by atoms with Crippen molar-refractivity contribution >= 4 is 0 Å². The zero-order valence-electron chi connectivity index (χ0n) is 6.68. The summed E-state index contributed by atoms with van der Waals surface area (Å²) in [6, 6.07) is 0.251. The number of ether oxygens (including phenoxy) is 1. The quantitative estimate of drug-likeness (QED) is 0.643. The second-order valence-corrected chi connectivity index (χ2v) is 3.05. The number of nitrogens with two attached hydrogens (primary N) is 1. The van der Waals surface area contributed by atoms with Gasteiger partial charge in [0.05, 0.1) is 12.7 Å². The Bertz CT molecular complexity index is 86.5. The highest BCUT2D eigenvalue weighted by atomic mass is 16.5. The monoisotopic (exact) mass is 143 g/mol. The van der Waals surface area contributed by atoms with Crippen molar-refractivity contribution in [3.8, 4) is 0 Å². The fourth-order valence-electron chi connectivity index (χ4n) is 0.915. The summed E-state index contributed by atoms with van der Waals surface area (Å²) >= 11 is 0. The minimum Gasteiger partial charge on any atom is -0.377 e. The molecule has 1 atom stereocenters. The molecule has 0 spiro atoms. The fraction of sp³-hybridized carbons (Fsp3) is 1.00. The van der Waals surface area contributed by atoms with Gasteiger partial charge in [-0.05, 0) is 25.7 Å². The van der Waals surface area contributed by atoms with E-state index in [-0.39, 0.29) is 6.04 Å². The van der Waals surface area contributed by atoms with E-state index in [1.807, 2.05) is 0 Å². The molecule has 0 aromatic carbocycles. The van der Waals surface area contributed by atoms with Crippen LogP contribution in [0.3, 0.4) is 0 Å². The van der Waals surface area contributed by atoms with Crippen molar-refractivity contribution in [3.05, 3.63) is 0 Å². The van der Waals surface area contributed by atoms with Crippen LogP contribution in [0.15, 0.2) is 0 Å². The number of rotatable bonds is 4. The normalized spacial score (nSPS) is 22.2. The standard InChI is InChI=1S/C8H17NO/c1-2-7(9)6-10-8-4-3-5-8/h7-8H,2-6,9H2,1H3. The second kappa shape index (κ2) is 3.94. The number of hydrogen-bond donors (Lipinski definition) is 1. The van der Waals surface area contributed by atoms with Gasteiger partial charge in [-0.3, -0.25) is 0 Å². The van der Waals surface area contributed by atoms with E-state index in [0.717, 1.165) is 13.0 Å². The Morgan fingerprint density at radius 1 is 1.60 bits per heavy atom. The highest BCUT2D eigenvalue weighted by molar-refractivity contribution is 4.70. The van der Waals surface area contributed by atoms with Gasteiger partial charge in [0.1, 0.15) is 0 Å². The van der Waals surface area contributed by atoms with Crippen molar-refractivity contribution in [2.75, 3.05) is 6.61 Å². The van der Waals surface area contributed by atoms with Gasteiger partial charge in [-0.2, -0.15) is 0 Å². The van der Waals surface area contributed by atoms with E-state index in [1.54, 1.807) is 0 Å². The van der Waals surface area contributed by atoms with Crippen LogP contribution in [0.2, 0.25) is 0 Å². The Labute approximate surface area is 62.7 Å². The third kappa shape index (κ3) is 2.27. The van der Waals surface area contributed by atoms with Gasteiger partial charge in [-0.25, -0.2) is 0 Å². The molecule has 1 saturated carbocycles. The molecule has 0 amide bonds. The topological polar surface area (TPSA) is 35.2 Å². The van der Waals surface area contributed by atoms with Gasteiger partial charge in [0, 0.05) is 6.04 Å². The van der Waals surface area contributed by atoms with E-state index in [9.17, 15) is 0 Å². The molecule has 0 bridgehead atoms. The van der Waals surface area contributed by atoms with Crippen molar-refractivity contribution in [3.63, 3.8) is 0 Å². The minimum absolute atomic E-state index is 0.251. The summed E-state index contributed by atoms with van der Waals surface area (Å²) in [5, 5.41) is 0. The first kappa shape index (κ1) is 8.02. The molecule has 1 fully saturated rings. The summed E-state index contributed by atoms with van der Waals surface area (Å²) in [7, 11) is 0. The SMILES string of the molecule is CCC(N)COC1CCC1. The second-order valence-electron chi connectivity index (χ2n) is 3.05. The molecule has 2 nitrogen and oxygen atoms in total. The molecular weight excluding hydrogens is 126 g/mol. The Morgan fingerprint density at radius 2 is 2.30 bits per heavy atom. The molecule has 0 radical (unpaired) electrons. The summed E-state index contributed by atoms with van der Waals surface area (Å²) in [4.78, 5) is 0. The van der Waals surface area contributed by atoms with Crippen LogP contribution in [-0.4, -0.2) is 18.8 Å². The number of hydrogen-bond acceptors (Lipinski definition) is 2. The Hall–Kier alpha value is -0.0800. The maximum atomic E-state index is 5.68. The highest BCUT2D eigenvalue weighted by Crippen LogP contribution is 2.21. The smallest absolute Gasteiger partial charge is 0.0621 e. The predicted molar refractivity (Wildman–Crippen MR) is 41.9 cm³/mol. The lowest BCUT2D eigenvalue weighted by atomic mass is 9.96. The van der Waals surface area contributed by atoms with Crippen LogP contribution < -0.4 is 5.73 Å². The average Bonchev–Trinajstić information content (AvgIpc) is 1.84. The van der Waals surface area contributed by atoms with E-state index in [4.69, 9.17) is 10.5 Å². The van der Waals surface area contributed by atoms with Crippen LogP contribution in [0, 0.1) is 0 Å². The van der Waals surface area contributed by atoms with Gasteiger partial charge < -0.3 is 10.5 Å². The molecule has 2 N–H and O–H groups in total. The fourth-order valence-corrected chi connectivity index (χ4v) is 0.915. The lowest BCUT2D eigenvalue weighted by Gasteiger charge is -2.26. The molecule has 0 aliphatic heterocycles. The van der Waals surface area contributed by atoms with Gasteiger partial charge in [-0.1, -0.05) is 6.92 Å². The first-order valence-electron chi connectivity index (χ1n) is 4.20. The molecule has 10 heavy (non-hydrogen) atoms. The average molecular weight is 143 g/mol. The van der Waals surface area contributed by atoms with E-state index in [0.29, 0.717) is 6.10 Å². The van der Waals surface area contributed by atoms with Crippen LogP contribution in [0.1, 0.15) is 32.6 Å². The first-order chi connectivity index (χ1) is 4.83. The van der Waals surface area contributed by atoms with Crippen LogP contribution >= 0.6 is 0 Å². The van der Waals surface area contributed by atoms with Crippen molar-refractivity contribution in [2.24, 2.45) is 5.73 Å². The summed E-state index contributed by atoms with van der Waals surface area (Å²) in [5.41, 5.74) is 5.68. The first-order valence-corrected chi connectivity index (χ1v) is 4.20. The molecule has 0 aromatic heterocycles. The Morgan fingerprint density at radius 3 is 2.70 bits per heavy atom. The van der Waals surface area contributed by atoms with Gasteiger partial charge in [0.2, 0.25) is 0 Å². The van der Waals surface area contributed by atoms with E-state index >= 15 is 0 Å². The third-order valence-corrected chi connectivity index (χ3v) is 2.12. The zero-order chi connectivity index (χ0) is 7.40. The maximum Gasteiger partial charge on any atom is 0.0621 e. The molecule has 1 unspecified atom stereocenters. The summed E-state index contributed by atoms with van der Waals surface area (Å²) in [6.07, 6.45) is 5.39. The van der Waals surface area contributed by atoms with Crippen molar-refractivity contribution in [1.82, 2.24) is 0 Å². The molecule has 60 valence electrons. The molecule has 1 aliphatic rings. The molecule has 0 saturated heterocycles. The highest BCUT2D eigenvalue weighted by Gasteiger charge is 2.18. The Balaban J connectivity index is 1.93. The molecular formula is C8H17NO. The lowest BCUT2D eigenvalue weighted by molar-refractivity contribution is -0.00449. The summed E-state index contributed by atoms with van der Waals surface area (Å²) in [6.45, 7) is 2.84. The van der Waals surface area contributed by atoms with Crippen molar-refractivity contribution < 1.29 is 4.74 Å². The molecule has 1 aliphatic carbocycles. The van der Waals surface area contributed by atoms with E-state index in [2.05, 4.69) is 6.92 Å². The molecule has 0 aromatic rings. The van der Waals surface area contributed by atoms with Crippen LogP contribution in [0.5, 0.6) is 0 Å². The van der Waals surface area contributed by atoms with Gasteiger partial charge in [0.25, 0.3) is 0 Å².